The van der Waals surface area contributed by atoms with E-state index in [0.29, 0.717) is 17.0 Å². The SMILES string of the molecule is CC(=O)c1cc(C)ccc2nc(N)nc1-2. The number of rotatable bonds is 1. The minimum Gasteiger partial charge on any atom is -0.368 e. The molecule has 0 atom stereocenters. The number of hydrogen-bond donors (Lipinski definition) is 1. The average molecular weight is 201 g/mol. The van der Waals surface area contributed by atoms with Gasteiger partial charge in [0.15, 0.2) is 5.78 Å². The van der Waals surface area contributed by atoms with Gasteiger partial charge in [-0.15, -0.1) is 0 Å². The Morgan fingerprint density at radius 2 is 2.07 bits per heavy atom. The Morgan fingerprint density at radius 3 is 2.73 bits per heavy atom. The lowest BCUT2D eigenvalue weighted by Crippen LogP contribution is -1.94. The molecule has 2 N–H and O–H groups in total. The van der Waals surface area contributed by atoms with Gasteiger partial charge in [-0.3, -0.25) is 4.79 Å². The van der Waals surface area contributed by atoms with Crippen molar-refractivity contribution in [2.24, 2.45) is 0 Å². The van der Waals surface area contributed by atoms with Crippen LogP contribution >= 0.6 is 0 Å². The largest absolute Gasteiger partial charge is 0.368 e. The van der Waals surface area contributed by atoms with Gasteiger partial charge in [0.1, 0.15) is 5.69 Å². The molecule has 1 aliphatic carbocycles. The molecule has 4 nitrogen and oxygen atoms in total. The van der Waals surface area contributed by atoms with E-state index in [1.54, 1.807) is 6.07 Å². The summed E-state index contributed by atoms with van der Waals surface area (Å²) in [6.07, 6.45) is 0. The summed E-state index contributed by atoms with van der Waals surface area (Å²) in [5.41, 5.74) is 8.31. The summed E-state index contributed by atoms with van der Waals surface area (Å²) in [7, 11) is 0. The normalized spacial score (nSPS) is 10.5. The quantitative estimate of drug-likeness (QED) is 0.712. The summed E-state index contributed by atoms with van der Waals surface area (Å²) in [6.45, 7) is 3.44. The molecule has 2 aliphatic rings. The molecular weight excluding hydrogens is 190 g/mol. The second-order valence-electron chi connectivity index (χ2n) is 3.51. The summed E-state index contributed by atoms with van der Waals surface area (Å²) in [5.74, 6) is 0.176. The number of hydrogen-bond acceptors (Lipinski definition) is 4. The van der Waals surface area contributed by atoms with E-state index in [9.17, 15) is 4.79 Å². The molecule has 0 aromatic heterocycles. The maximum absolute atomic E-state index is 11.5. The molecule has 1 aliphatic heterocycles. The van der Waals surface area contributed by atoms with Gasteiger partial charge in [-0.2, -0.15) is 0 Å². The van der Waals surface area contributed by atoms with E-state index >= 15 is 0 Å². The third kappa shape index (κ3) is 1.66. The first-order valence-electron chi connectivity index (χ1n) is 4.63. The number of nitrogens with zero attached hydrogens (tertiary/aromatic N) is 2. The first kappa shape index (κ1) is 9.58. The number of anilines is 1. The van der Waals surface area contributed by atoms with Crippen molar-refractivity contribution in [3.05, 3.63) is 29.3 Å². The Labute approximate surface area is 87.5 Å². The van der Waals surface area contributed by atoms with Crippen LogP contribution in [0.4, 0.5) is 5.95 Å². The molecule has 0 saturated heterocycles. The van der Waals surface area contributed by atoms with Crippen LogP contribution in [0, 0.1) is 6.92 Å². The van der Waals surface area contributed by atoms with Gasteiger partial charge < -0.3 is 5.73 Å². The Balaban J connectivity index is 2.81. The fourth-order valence-corrected chi connectivity index (χ4v) is 1.51. The lowest BCUT2D eigenvalue weighted by Gasteiger charge is -1.95. The fourth-order valence-electron chi connectivity index (χ4n) is 1.51. The second kappa shape index (κ2) is 3.31. The highest BCUT2D eigenvalue weighted by Crippen LogP contribution is 2.24. The molecule has 1 heterocycles. The van der Waals surface area contributed by atoms with Crippen LogP contribution in [0.1, 0.15) is 22.8 Å². The Bertz CT molecular complexity index is 508. The lowest BCUT2D eigenvalue weighted by molar-refractivity contribution is 0.101. The van der Waals surface area contributed by atoms with E-state index in [1.807, 2.05) is 19.1 Å². The van der Waals surface area contributed by atoms with Crippen molar-refractivity contribution in [1.82, 2.24) is 9.97 Å². The van der Waals surface area contributed by atoms with Gasteiger partial charge in [0.25, 0.3) is 0 Å². The number of carbonyl (C=O) groups is 1. The van der Waals surface area contributed by atoms with Crippen molar-refractivity contribution < 1.29 is 4.79 Å². The van der Waals surface area contributed by atoms with Gasteiger partial charge in [0.05, 0.1) is 5.69 Å². The van der Waals surface area contributed by atoms with E-state index in [4.69, 9.17) is 5.73 Å². The number of aryl methyl sites for hydroxylation is 1. The molecule has 0 saturated carbocycles. The number of nitrogen functional groups attached to an aromatic ring is 1. The number of nitrogens with two attached hydrogens (primary N) is 1. The van der Waals surface area contributed by atoms with Gasteiger partial charge in [0, 0.05) is 5.56 Å². The maximum atomic E-state index is 11.5. The molecule has 0 bridgehead atoms. The van der Waals surface area contributed by atoms with Crippen LogP contribution in [0.3, 0.4) is 0 Å². The Kier molecular flexibility index (Phi) is 2.11. The number of fused-ring (bicyclic) bond motifs is 1. The van der Waals surface area contributed by atoms with Gasteiger partial charge >= 0.3 is 0 Å². The standard InChI is InChI=1S/C11H11N3O/c1-6-3-4-9-10(14-11(12)13-9)8(5-6)7(2)15/h3-5H,1-2H3,(H2,12,13,14). The second-order valence-corrected chi connectivity index (χ2v) is 3.51. The van der Waals surface area contributed by atoms with Gasteiger partial charge in [0.2, 0.25) is 5.95 Å². The summed E-state index contributed by atoms with van der Waals surface area (Å²) in [4.78, 5) is 19.6. The van der Waals surface area contributed by atoms with Gasteiger partial charge in [-0.25, -0.2) is 9.97 Å². The number of Topliss-reactive ketones (excluding diaryl/α,β-unsaturated/α-hetero) is 1. The van der Waals surface area contributed by atoms with Crippen LogP contribution in [0.15, 0.2) is 18.2 Å². The zero-order chi connectivity index (χ0) is 11.0. The van der Waals surface area contributed by atoms with Gasteiger partial charge in [-0.1, -0.05) is 11.6 Å². The van der Waals surface area contributed by atoms with Crippen molar-refractivity contribution in [1.29, 1.82) is 0 Å². The Morgan fingerprint density at radius 1 is 1.33 bits per heavy atom. The zero-order valence-electron chi connectivity index (χ0n) is 8.61. The van der Waals surface area contributed by atoms with E-state index in [0.717, 1.165) is 5.56 Å². The first-order chi connectivity index (χ1) is 7.08. The zero-order valence-corrected chi connectivity index (χ0v) is 8.61. The predicted molar refractivity (Wildman–Crippen MR) is 57.8 cm³/mol. The van der Waals surface area contributed by atoms with Crippen LogP contribution < -0.4 is 5.73 Å². The minimum absolute atomic E-state index is 0.0285. The molecule has 0 aromatic carbocycles. The molecule has 0 unspecified atom stereocenters. The van der Waals surface area contributed by atoms with Crippen molar-refractivity contribution in [2.75, 3.05) is 5.73 Å². The number of carbonyl (C=O) groups excluding carboxylic acids is 1. The summed E-state index contributed by atoms with van der Waals surface area (Å²) in [5, 5.41) is 0. The molecule has 15 heavy (non-hydrogen) atoms. The summed E-state index contributed by atoms with van der Waals surface area (Å²) < 4.78 is 0. The number of aromatic nitrogens is 2. The molecule has 0 radical (unpaired) electrons. The van der Waals surface area contributed by atoms with Crippen LogP contribution in [-0.2, 0) is 0 Å². The maximum Gasteiger partial charge on any atom is 0.221 e. The fraction of sp³-hybridized carbons (Fsp3) is 0.182. The molecule has 0 aromatic rings. The number of ketones is 1. The van der Waals surface area contributed by atoms with Crippen LogP contribution in [0.2, 0.25) is 0 Å². The van der Waals surface area contributed by atoms with Crippen molar-refractivity contribution in [3.8, 4) is 11.4 Å². The van der Waals surface area contributed by atoms with Crippen molar-refractivity contribution >= 4 is 11.7 Å². The van der Waals surface area contributed by atoms with E-state index in [1.165, 1.54) is 6.92 Å². The van der Waals surface area contributed by atoms with E-state index in [-0.39, 0.29) is 11.7 Å². The molecular formula is C11H11N3O. The average Bonchev–Trinajstić information content (AvgIpc) is 2.45. The third-order valence-electron chi connectivity index (χ3n) is 2.21. The Hall–Kier alpha value is -1.97. The molecule has 2 rings (SSSR count). The van der Waals surface area contributed by atoms with Gasteiger partial charge in [-0.05, 0) is 26.0 Å². The minimum atomic E-state index is -0.0285. The van der Waals surface area contributed by atoms with Crippen LogP contribution in [0.25, 0.3) is 11.4 Å². The molecule has 0 amide bonds. The van der Waals surface area contributed by atoms with E-state index in [2.05, 4.69) is 9.97 Å². The summed E-state index contributed by atoms with van der Waals surface area (Å²) in [6, 6.07) is 5.52. The van der Waals surface area contributed by atoms with Crippen molar-refractivity contribution in [3.63, 3.8) is 0 Å². The molecule has 0 spiro atoms. The van der Waals surface area contributed by atoms with Crippen LogP contribution in [0.5, 0.6) is 0 Å². The predicted octanol–water partition coefficient (Wildman–Crippen LogP) is 1.67. The third-order valence-corrected chi connectivity index (χ3v) is 2.21. The van der Waals surface area contributed by atoms with E-state index < -0.39 is 0 Å². The molecule has 4 heteroatoms. The highest BCUT2D eigenvalue weighted by Gasteiger charge is 2.15. The topological polar surface area (TPSA) is 68.9 Å². The summed E-state index contributed by atoms with van der Waals surface area (Å²) >= 11 is 0. The number of imidazole rings is 1. The smallest absolute Gasteiger partial charge is 0.221 e. The lowest BCUT2D eigenvalue weighted by atomic mass is 10.1. The monoisotopic (exact) mass is 201 g/mol. The highest BCUT2D eigenvalue weighted by atomic mass is 16.1. The highest BCUT2D eigenvalue weighted by molar-refractivity contribution is 5.99. The molecule has 76 valence electrons. The van der Waals surface area contributed by atoms with Crippen molar-refractivity contribution in [2.45, 2.75) is 13.8 Å². The van der Waals surface area contributed by atoms with Crippen LogP contribution in [-0.4, -0.2) is 15.8 Å². The first-order valence-corrected chi connectivity index (χ1v) is 4.63. The molecule has 0 fully saturated rings.